The number of aromatic amines is 1. The average Bonchev–Trinajstić information content (AvgIpc) is 3.38. The zero-order chi connectivity index (χ0) is 19.2. The van der Waals surface area contributed by atoms with Crippen LogP contribution in [0.4, 0.5) is 4.79 Å². The number of para-hydroxylation sites is 1. The first-order chi connectivity index (χ1) is 13.8. The molecule has 0 spiro atoms. The van der Waals surface area contributed by atoms with Gasteiger partial charge in [0.05, 0.1) is 6.10 Å². The van der Waals surface area contributed by atoms with E-state index in [1.165, 1.54) is 10.9 Å². The molecule has 1 saturated heterocycles. The number of carbonyl (C=O) groups is 1. The van der Waals surface area contributed by atoms with Crippen LogP contribution in [0, 0.1) is 0 Å². The van der Waals surface area contributed by atoms with Gasteiger partial charge in [0.15, 0.2) is 0 Å². The number of nitrogens with zero attached hydrogens (tertiary/aromatic N) is 2. The molecule has 0 unspecified atom stereocenters. The monoisotopic (exact) mass is 378 g/mol. The molecule has 6 heteroatoms. The van der Waals surface area contributed by atoms with Crippen LogP contribution < -0.4 is 5.32 Å². The van der Waals surface area contributed by atoms with Crippen molar-refractivity contribution in [2.45, 2.75) is 31.9 Å². The van der Waals surface area contributed by atoms with Crippen molar-refractivity contribution in [2.24, 2.45) is 0 Å². The van der Waals surface area contributed by atoms with Crippen LogP contribution >= 0.6 is 0 Å². The summed E-state index contributed by atoms with van der Waals surface area (Å²) < 4.78 is 5.74. The Morgan fingerprint density at radius 1 is 1.25 bits per heavy atom. The summed E-state index contributed by atoms with van der Waals surface area (Å²) in [6.45, 7) is 2.55. The first kappa shape index (κ1) is 18.5. The van der Waals surface area contributed by atoms with Crippen molar-refractivity contribution in [3.8, 4) is 0 Å². The second kappa shape index (κ2) is 8.89. The maximum Gasteiger partial charge on any atom is 0.317 e. The number of urea groups is 1. The van der Waals surface area contributed by atoms with E-state index >= 15 is 0 Å². The molecule has 1 aliphatic heterocycles. The molecule has 1 atom stereocenters. The summed E-state index contributed by atoms with van der Waals surface area (Å²) in [5.41, 5.74) is 3.41. The molecule has 2 aromatic heterocycles. The van der Waals surface area contributed by atoms with Gasteiger partial charge in [-0.05, 0) is 48.6 Å². The minimum atomic E-state index is -0.0489. The highest BCUT2D eigenvalue weighted by Gasteiger charge is 2.22. The minimum Gasteiger partial charge on any atom is -0.376 e. The molecule has 2 N–H and O–H groups in total. The van der Waals surface area contributed by atoms with E-state index in [1.54, 1.807) is 12.4 Å². The van der Waals surface area contributed by atoms with Crippen molar-refractivity contribution in [1.29, 1.82) is 0 Å². The number of H-pyrrole nitrogens is 1. The van der Waals surface area contributed by atoms with E-state index in [9.17, 15) is 4.79 Å². The number of benzene rings is 1. The maximum atomic E-state index is 12.9. The molecular weight excluding hydrogens is 352 g/mol. The van der Waals surface area contributed by atoms with Gasteiger partial charge in [-0.3, -0.25) is 4.98 Å². The number of nitrogens with one attached hydrogen (secondary N) is 2. The fraction of sp³-hybridized carbons (Fsp3) is 0.364. The van der Waals surface area contributed by atoms with Crippen molar-refractivity contribution >= 4 is 16.9 Å². The van der Waals surface area contributed by atoms with Crippen LogP contribution in [0.2, 0.25) is 0 Å². The third kappa shape index (κ3) is 4.51. The van der Waals surface area contributed by atoms with Gasteiger partial charge in [0.25, 0.3) is 0 Å². The van der Waals surface area contributed by atoms with Gasteiger partial charge in [-0.1, -0.05) is 18.2 Å². The second-order valence-corrected chi connectivity index (χ2v) is 7.21. The van der Waals surface area contributed by atoms with Crippen LogP contribution in [0.3, 0.4) is 0 Å². The predicted octanol–water partition coefficient (Wildman–Crippen LogP) is 3.50. The number of pyridine rings is 1. The zero-order valence-electron chi connectivity index (χ0n) is 15.9. The lowest BCUT2D eigenvalue weighted by Gasteiger charge is -2.26. The molecular formula is C22H26N4O2. The highest BCUT2D eigenvalue weighted by atomic mass is 16.5. The fourth-order valence-corrected chi connectivity index (χ4v) is 3.72. The van der Waals surface area contributed by atoms with Crippen LogP contribution in [0.25, 0.3) is 10.9 Å². The van der Waals surface area contributed by atoms with Gasteiger partial charge in [0.1, 0.15) is 0 Å². The Morgan fingerprint density at radius 3 is 2.93 bits per heavy atom. The number of rotatable bonds is 7. The minimum absolute atomic E-state index is 0.0489. The van der Waals surface area contributed by atoms with Gasteiger partial charge in [-0.25, -0.2) is 4.79 Å². The molecule has 2 amide bonds. The van der Waals surface area contributed by atoms with E-state index in [1.807, 2.05) is 35.4 Å². The van der Waals surface area contributed by atoms with Crippen LogP contribution in [0.1, 0.15) is 24.0 Å². The van der Waals surface area contributed by atoms with E-state index in [0.29, 0.717) is 19.6 Å². The Balaban J connectivity index is 1.36. The highest BCUT2D eigenvalue weighted by Crippen LogP contribution is 2.18. The number of amides is 2. The number of hydrogen-bond donors (Lipinski definition) is 2. The van der Waals surface area contributed by atoms with Gasteiger partial charge >= 0.3 is 6.03 Å². The lowest BCUT2D eigenvalue weighted by molar-refractivity contribution is 0.0795. The maximum absolute atomic E-state index is 12.9. The number of carbonyl (C=O) groups excluding carboxylic acids is 1. The van der Waals surface area contributed by atoms with E-state index < -0.39 is 0 Å². The van der Waals surface area contributed by atoms with Crippen molar-refractivity contribution in [3.63, 3.8) is 0 Å². The summed E-state index contributed by atoms with van der Waals surface area (Å²) in [4.78, 5) is 22.1. The van der Waals surface area contributed by atoms with E-state index in [-0.39, 0.29) is 12.1 Å². The van der Waals surface area contributed by atoms with Gasteiger partial charge in [0.2, 0.25) is 0 Å². The molecule has 28 heavy (non-hydrogen) atoms. The van der Waals surface area contributed by atoms with Crippen LogP contribution in [-0.4, -0.2) is 46.7 Å². The number of hydrogen-bond acceptors (Lipinski definition) is 3. The van der Waals surface area contributed by atoms with Gasteiger partial charge in [-0.2, -0.15) is 0 Å². The summed E-state index contributed by atoms with van der Waals surface area (Å²) in [6, 6.07) is 12.1. The lowest BCUT2D eigenvalue weighted by Crippen LogP contribution is -2.43. The summed E-state index contributed by atoms with van der Waals surface area (Å²) in [7, 11) is 0. The Bertz CT molecular complexity index is 903. The standard InChI is InChI=1S/C22H26N4O2/c27-22(24-12-9-18-14-25-21-6-2-1-5-20(18)21)26(16-19-4-3-13-28-19)15-17-7-10-23-11-8-17/h1-2,5-8,10-11,14,19,25H,3-4,9,12-13,15-16H2,(H,24,27)/t19-/m1/s1. The normalized spacial score (nSPS) is 16.4. The first-order valence-corrected chi connectivity index (χ1v) is 9.88. The number of fused-ring (bicyclic) bond motifs is 1. The van der Waals surface area contributed by atoms with Crippen LogP contribution in [-0.2, 0) is 17.7 Å². The summed E-state index contributed by atoms with van der Waals surface area (Å²) in [5, 5.41) is 4.29. The van der Waals surface area contributed by atoms with Gasteiger partial charge in [0, 0.05) is 55.7 Å². The lowest BCUT2D eigenvalue weighted by atomic mass is 10.1. The molecule has 146 valence electrons. The number of ether oxygens (including phenoxy) is 1. The molecule has 3 heterocycles. The molecule has 4 rings (SSSR count). The van der Waals surface area contributed by atoms with Crippen molar-refractivity contribution in [1.82, 2.24) is 20.2 Å². The molecule has 0 radical (unpaired) electrons. The molecule has 6 nitrogen and oxygen atoms in total. The quantitative estimate of drug-likeness (QED) is 0.661. The Morgan fingerprint density at radius 2 is 2.11 bits per heavy atom. The Labute approximate surface area is 164 Å². The fourth-order valence-electron chi connectivity index (χ4n) is 3.72. The smallest absolute Gasteiger partial charge is 0.317 e. The Kier molecular flexibility index (Phi) is 5.87. The van der Waals surface area contributed by atoms with E-state index in [4.69, 9.17) is 4.74 Å². The number of aromatic nitrogens is 2. The van der Waals surface area contributed by atoms with Gasteiger partial charge < -0.3 is 19.9 Å². The second-order valence-electron chi connectivity index (χ2n) is 7.21. The summed E-state index contributed by atoms with van der Waals surface area (Å²) in [5.74, 6) is 0. The summed E-state index contributed by atoms with van der Waals surface area (Å²) >= 11 is 0. The Hall–Kier alpha value is -2.86. The third-order valence-corrected chi connectivity index (χ3v) is 5.20. The van der Waals surface area contributed by atoms with Crippen molar-refractivity contribution < 1.29 is 9.53 Å². The molecule has 1 aliphatic rings. The molecule has 1 aromatic carbocycles. The zero-order valence-corrected chi connectivity index (χ0v) is 15.9. The van der Waals surface area contributed by atoms with Crippen molar-refractivity contribution in [3.05, 3.63) is 66.1 Å². The predicted molar refractivity (Wildman–Crippen MR) is 109 cm³/mol. The topological polar surface area (TPSA) is 70.2 Å². The average molecular weight is 378 g/mol. The molecule has 1 fully saturated rings. The molecule has 0 bridgehead atoms. The van der Waals surface area contributed by atoms with Crippen molar-refractivity contribution in [2.75, 3.05) is 19.7 Å². The van der Waals surface area contributed by atoms with Crippen LogP contribution in [0.15, 0.2) is 55.0 Å². The third-order valence-electron chi connectivity index (χ3n) is 5.20. The van der Waals surface area contributed by atoms with E-state index in [0.717, 1.165) is 36.9 Å². The van der Waals surface area contributed by atoms with E-state index in [2.05, 4.69) is 27.4 Å². The molecule has 3 aromatic rings. The largest absolute Gasteiger partial charge is 0.376 e. The van der Waals surface area contributed by atoms with Crippen LogP contribution in [0.5, 0.6) is 0 Å². The highest BCUT2D eigenvalue weighted by molar-refractivity contribution is 5.83. The molecule has 0 saturated carbocycles. The SMILES string of the molecule is O=C(NCCc1c[nH]c2ccccc12)N(Cc1ccncc1)C[C@H]1CCCO1. The van der Waals surface area contributed by atoms with Gasteiger partial charge in [-0.15, -0.1) is 0 Å². The first-order valence-electron chi connectivity index (χ1n) is 9.88. The summed E-state index contributed by atoms with van der Waals surface area (Å²) in [6.07, 6.45) is 8.53. The molecule has 0 aliphatic carbocycles.